The minimum Gasteiger partial charge on any atom is -0.495 e. The second-order valence-electron chi connectivity index (χ2n) is 6.64. The Labute approximate surface area is 176 Å². The third-order valence-electron chi connectivity index (χ3n) is 4.43. The number of amides is 1. The molecule has 2 aromatic carbocycles. The molecule has 3 rings (SSSR count). The first-order chi connectivity index (χ1) is 14.4. The number of hydrogen-bond donors (Lipinski definition) is 1. The average molecular weight is 426 g/mol. The third-order valence-corrected chi connectivity index (χ3v) is 6.21. The molecule has 3 aromatic rings. The molecule has 0 fully saturated rings. The largest absolute Gasteiger partial charge is 0.495 e. The van der Waals surface area contributed by atoms with Crippen molar-refractivity contribution in [2.24, 2.45) is 0 Å². The Morgan fingerprint density at radius 1 is 1.10 bits per heavy atom. The maximum absolute atomic E-state index is 13.4. The number of anilines is 1. The Morgan fingerprint density at radius 3 is 2.53 bits per heavy atom. The lowest BCUT2D eigenvalue weighted by atomic mass is 10.2. The lowest BCUT2D eigenvalue weighted by Crippen LogP contribution is -2.41. The van der Waals surface area contributed by atoms with Gasteiger partial charge < -0.3 is 10.1 Å². The van der Waals surface area contributed by atoms with Crippen molar-refractivity contribution in [1.82, 2.24) is 10.3 Å². The minimum atomic E-state index is -4.00. The number of pyridine rings is 1. The van der Waals surface area contributed by atoms with Gasteiger partial charge in [0.05, 0.1) is 17.7 Å². The summed E-state index contributed by atoms with van der Waals surface area (Å²) in [6.07, 6.45) is 3.28. The second kappa shape index (κ2) is 9.41. The molecule has 0 radical (unpaired) electrons. The number of nitrogens with one attached hydrogen (secondary N) is 1. The number of ether oxygens (including phenoxy) is 1. The maximum Gasteiger partial charge on any atom is 0.264 e. The molecule has 0 saturated carbocycles. The fourth-order valence-corrected chi connectivity index (χ4v) is 4.35. The molecule has 8 heteroatoms. The van der Waals surface area contributed by atoms with E-state index in [1.807, 2.05) is 19.1 Å². The topological polar surface area (TPSA) is 88.6 Å². The predicted molar refractivity (Wildman–Crippen MR) is 115 cm³/mol. The van der Waals surface area contributed by atoms with E-state index >= 15 is 0 Å². The number of sulfonamides is 1. The van der Waals surface area contributed by atoms with E-state index in [2.05, 4.69) is 10.3 Å². The summed E-state index contributed by atoms with van der Waals surface area (Å²) in [5, 5.41) is 2.75. The monoisotopic (exact) mass is 425 g/mol. The van der Waals surface area contributed by atoms with Gasteiger partial charge in [-0.1, -0.05) is 30.3 Å². The van der Waals surface area contributed by atoms with Crippen molar-refractivity contribution in [3.05, 3.63) is 84.2 Å². The molecule has 0 atom stereocenters. The van der Waals surface area contributed by atoms with E-state index in [-0.39, 0.29) is 11.4 Å². The van der Waals surface area contributed by atoms with Gasteiger partial charge in [0.15, 0.2) is 0 Å². The molecular formula is C22H23N3O4S. The molecule has 0 saturated heterocycles. The predicted octanol–water partition coefficient (Wildman–Crippen LogP) is 2.91. The van der Waals surface area contributed by atoms with Gasteiger partial charge >= 0.3 is 0 Å². The summed E-state index contributed by atoms with van der Waals surface area (Å²) in [6, 6.07) is 16.8. The summed E-state index contributed by atoms with van der Waals surface area (Å²) in [7, 11) is -2.54. The average Bonchev–Trinajstić information content (AvgIpc) is 2.77. The van der Waals surface area contributed by atoms with Gasteiger partial charge in [0, 0.05) is 18.9 Å². The zero-order chi connectivity index (χ0) is 21.6. The van der Waals surface area contributed by atoms with Crippen LogP contribution in [0.2, 0.25) is 0 Å². The lowest BCUT2D eigenvalue weighted by Gasteiger charge is -2.26. The van der Waals surface area contributed by atoms with Crippen molar-refractivity contribution in [2.45, 2.75) is 18.4 Å². The number of carbonyl (C=O) groups is 1. The van der Waals surface area contributed by atoms with Crippen LogP contribution in [0.5, 0.6) is 5.75 Å². The van der Waals surface area contributed by atoms with Gasteiger partial charge in [-0.05, 0) is 48.4 Å². The standard InChI is InChI=1S/C22H23N3O4S/c1-17-10-11-21(29-2)20(13-17)25(30(27,28)19-8-4-3-5-9-19)16-22(26)24-15-18-7-6-12-23-14-18/h3-14H,15-16H2,1-2H3,(H,24,26). The summed E-state index contributed by atoms with van der Waals surface area (Å²) in [5.74, 6) is -0.0814. The highest BCUT2D eigenvalue weighted by molar-refractivity contribution is 7.92. The molecule has 1 N–H and O–H groups in total. The molecule has 1 amide bonds. The smallest absolute Gasteiger partial charge is 0.264 e. The highest BCUT2D eigenvalue weighted by Gasteiger charge is 2.29. The Balaban J connectivity index is 1.94. The summed E-state index contributed by atoms with van der Waals surface area (Å²) in [6.45, 7) is 1.70. The van der Waals surface area contributed by atoms with Crippen LogP contribution in [0.4, 0.5) is 5.69 Å². The molecule has 7 nitrogen and oxygen atoms in total. The fourth-order valence-electron chi connectivity index (χ4n) is 2.90. The van der Waals surface area contributed by atoms with Crippen LogP contribution in [-0.4, -0.2) is 33.0 Å². The fraction of sp³-hybridized carbons (Fsp3) is 0.182. The van der Waals surface area contributed by atoms with Gasteiger partial charge in [0.2, 0.25) is 5.91 Å². The molecule has 0 spiro atoms. The van der Waals surface area contributed by atoms with Crippen molar-refractivity contribution < 1.29 is 17.9 Å². The molecule has 156 valence electrons. The number of aryl methyl sites for hydroxylation is 1. The van der Waals surface area contributed by atoms with Gasteiger partial charge in [-0.2, -0.15) is 0 Å². The van der Waals surface area contributed by atoms with E-state index in [9.17, 15) is 13.2 Å². The molecule has 1 heterocycles. The van der Waals surface area contributed by atoms with Crippen LogP contribution in [0.3, 0.4) is 0 Å². The van der Waals surface area contributed by atoms with Crippen molar-refractivity contribution in [1.29, 1.82) is 0 Å². The summed E-state index contributed by atoms with van der Waals surface area (Å²) < 4.78 is 33.3. The maximum atomic E-state index is 13.4. The van der Waals surface area contributed by atoms with Gasteiger partial charge in [0.1, 0.15) is 12.3 Å². The number of aromatic nitrogens is 1. The number of rotatable bonds is 8. The van der Waals surface area contributed by atoms with Gasteiger partial charge in [0.25, 0.3) is 10.0 Å². The quantitative estimate of drug-likeness (QED) is 0.600. The number of carbonyl (C=O) groups excluding carboxylic acids is 1. The highest BCUT2D eigenvalue weighted by atomic mass is 32.2. The Kier molecular flexibility index (Phi) is 6.68. The van der Waals surface area contributed by atoms with Crippen LogP contribution in [0, 0.1) is 6.92 Å². The molecule has 0 unspecified atom stereocenters. The highest BCUT2D eigenvalue weighted by Crippen LogP contribution is 2.33. The first-order valence-corrected chi connectivity index (χ1v) is 10.7. The van der Waals surface area contributed by atoms with Gasteiger partial charge in [-0.25, -0.2) is 8.42 Å². The SMILES string of the molecule is COc1ccc(C)cc1N(CC(=O)NCc1cccnc1)S(=O)(=O)c1ccccc1. The molecule has 0 aliphatic rings. The zero-order valence-electron chi connectivity index (χ0n) is 16.8. The van der Waals surface area contributed by atoms with Crippen LogP contribution >= 0.6 is 0 Å². The van der Waals surface area contributed by atoms with Crippen molar-refractivity contribution in [2.75, 3.05) is 18.0 Å². The normalized spacial score (nSPS) is 11.0. The van der Waals surface area contributed by atoms with E-state index in [4.69, 9.17) is 4.74 Å². The van der Waals surface area contributed by atoms with Crippen LogP contribution < -0.4 is 14.4 Å². The molecule has 0 bridgehead atoms. The molecular weight excluding hydrogens is 402 g/mol. The Hall–Kier alpha value is -3.39. The minimum absolute atomic E-state index is 0.0913. The van der Waals surface area contributed by atoms with E-state index in [0.29, 0.717) is 11.4 Å². The van der Waals surface area contributed by atoms with Gasteiger partial charge in [-0.3, -0.25) is 14.1 Å². The lowest BCUT2D eigenvalue weighted by molar-refractivity contribution is -0.119. The van der Waals surface area contributed by atoms with Crippen LogP contribution in [0.1, 0.15) is 11.1 Å². The van der Waals surface area contributed by atoms with Crippen LogP contribution in [0.25, 0.3) is 0 Å². The number of hydrogen-bond acceptors (Lipinski definition) is 5. The van der Waals surface area contributed by atoms with Crippen molar-refractivity contribution >= 4 is 21.6 Å². The van der Waals surface area contributed by atoms with E-state index in [1.165, 1.54) is 19.2 Å². The Morgan fingerprint density at radius 2 is 1.87 bits per heavy atom. The van der Waals surface area contributed by atoms with Crippen molar-refractivity contribution in [3.63, 3.8) is 0 Å². The number of methoxy groups -OCH3 is 1. The third kappa shape index (κ3) is 4.96. The molecule has 1 aromatic heterocycles. The first-order valence-electron chi connectivity index (χ1n) is 9.30. The zero-order valence-corrected chi connectivity index (χ0v) is 17.6. The summed E-state index contributed by atoms with van der Waals surface area (Å²) >= 11 is 0. The van der Waals surface area contributed by atoms with E-state index in [1.54, 1.807) is 48.8 Å². The summed E-state index contributed by atoms with van der Waals surface area (Å²) in [5.41, 5.74) is 1.96. The first kappa shape index (κ1) is 21.3. The number of benzene rings is 2. The second-order valence-corrected chi connectivity index (χ2v) is 8.50. The van der Waals surface area contributed by atoms with Crippen LogP contribution in [0.15, 0.2) is 78.0 Å². The molecule has 30 heavy (non-hydrogen) atoms. The molecule has 0 aliphatic carbocycles. The van der Waals surface area contributed by atoms with E-state index < -0.39 is 22.5 Å². The van der Waals surface area contributed by atoms with Gasteiger partial charge in [-0.15, -0.1) is 0 Å². The summed E-state index contributed by atoms with van der Waals surface area (Å²) in [4.78, 5) is 16.8. The number of nitrogens with zero attached hydrogens (tertiary/aromatic N) is 2. The van der Waals surface area contributed by atoms with Crippen molar-refractivity contribution in [3.8, 4) is 5.75 Å². The van der Waals surface area contributed by atoms with Crippen LogP contribution in [-0.2, 0) is 21.4 Å². The molecule has 0 aliphatic heterocycles. The Bertz CT molecular complexity index is 1100. The van der Waals surface area contributed by atoms with E-state index in [0.717, 1.165) is 15.4 Å².